The van der Waals surface area contributed by atoms with Crippen LogP contribution in [0.2, 0.25) is 5.02 Å². The molecule has 0 amide bonds. The van der Waals surface area contributed by atoms with Gasteiger partial charge in [0.05, 0.1) is 11.1 Å². The Morgan fingerprint density at radius 3 is 3.06 bits per heavy atom. The van der Waals surface area contributed by atoms with Gasteiger partial charge in [-0.05, 0) is 13.0 Å². The van der Waals surface area contributed by atoms with Gasteiger partial charge in [-0.1, -0.05) is 11.6 Å². The van der Waals surface area contributed by atoms with E-state index in [0.29, 0.717) is 11.4 Å². The van der Waals surface area contributed by atoms with Crippen LogP contribution >= 0.6 is 22.9 Å². The van der Waals surface area contributed by atoms with E-state index in [1.807, 2.05) is 12.3 Å². The molecule has 2 aromatic rings. The fourth-order valence-corrected chi connectivity index (χ4v) is 2.55. The molecule has 0 bridgehead atoms. The summed E-state index contributed by atoms with van der Waals surface area (Å²) in [6.45, 7) is 2.75. The average molecular weight is 258 g/mol. The number of nitrogens with zero attached hydrogens (tertiary/aromatic N) is 3. The molecule has 0 aliphatic heterocycles. The molecule has 1 atom stereocenters. The number of aliphatic hydroxyl groups is 1. The number of aryl methyl sites for hydroxylation is 1. The van der Waals surface area contributed by atoms with Gasteiger partial charge >= 0.3 is 0 Å². The first-order chi connectivity index (χ1) is 7.70. The smallest absolute Gasteiger partial charge is 0.138 e. The molecule has 0 saturated heterocycles. The van der Waals surface area contributed by atoms with E-state index in [-0.39, 0.29) is 0 Å². The Labute approximate surface area is 103 Å². The number of hydrogen-bond acceptors (Lipinski definition) is 4. The maximum Gasteiger partial charge on any atom is 0.138 e. The number of rotatable bonds is 4. The lowest BCUT2D eigenvalue weighted by Crippen LogP contribution is -2.08. The molecule has 1 unspecified atom stereocenters. The van der Waals surface area contributed by atoms with Crippen LogP contribution in [0.15, 0.2) is 17.8 Å². The second-order valence-electron chi connectivity index (χ2n) is 3.38. The summed E-state index contributed by atoms with van der Waals surface area (Å²) in [4.78, 5) is 4.98. The van der Waals surface area contributed by atoms with Crippen molar-refractivity contribution in [3.05, 3.63) is 33.5 Å². The summed E-state index contributed by atoms with van der Waals surface area (Å²) in [6.07, 6.45) is 1.41. The van der Waals surface area contributed by atoms with Crippen molar-refractivity contribution < 1.29 is 5.11 Å². The van der Waals surface area contributed by atoms with Crippen molar-refractivity contribution in [2.24, 2.45) is 0 Å². The molecule has 0 saturated carbocycles. The lowest BCUT2D eigenvalue weighted by atomic mass is 10.2. The molecular weight excluding hydrogens is 246 g/mol. The van der Waals surface area contributed by atoms with Crippen LogP contribution in [-0.4, -0.2) is 19.9 Å². The minimum absolute atomic E-state index is 0.463. The quantitative estimate of drug-likeness (QED) is 0.914. The number of halogens is 1. The van der Waals surface area contributed by atoms with E-state index in [2.05, 4.69) is 10.1 Å². The molecule has 0 aliphatic carbocycles. The Bertz CT molecular complexity index is 468. The molecular formula is C10H12ClN3OS. The molecule has 2 heterocycles. The van der Waals surface area contributed by atoms with Gasteiger partial charge in [0.25, 0.3) is 0 Å². The standard InChI is InChI=1S/C10H12ClN3OS/c1-2-14-10(12-6-13-14)4-8(15)9-3-7(11)5-16-9/h3,5-6,8,15H,2,4H2,1H3. The molecule has 2 aromatic heterocycles. The Kier molecular flexibility index (Phi) is 3.58. The van der Waals surface area contributed by atoms with Crippen LogP contribution in [0, 0.1) is 0 Å². The number of thiophene rings is 1. The van der Waals surface area contributed by atoms with Crippen molar-refractivity contribution in [2.75, 3.05) is 0 Å². The largest absolute Gasteiger partial charge is 0.387 e. The topological polar surface area (TPSA) is 50.9 Å². The molecule has 0 aliphatic rings. The van der Waals surface area contributed by atoms with Crippen molar-refractivity contribution >= 4 is 22.9 Å². The van der Waals surface area contributed by atoms with Gasteiger partial charge in [-0.2, -0.15) is 5.10 Å². The van der Waals surface area contributed by atoms with Crippen LogP contribution < -0.4 is 0 Å². The van der Waals surface area contributed by atoms with Gasteiger partial charge in [0.1, 0.15) is 12.2 Å². The van der Waals surface area contributed by atoms with Gasteiger partial charge in [0.15, 0.2) is 0 Å². The summed E-state index contributed by atoms with van der Waals surface area (Å²) in [5.41, 5.74) is 0. The second kappa shape index (κ2) is 4.95. The van der Waals surface area contributed by atoms with E-state index in [1.165, 1.54) is 17.7 Å². The highest BCUT2D eigenvalue weighted by Crippen LogP contribution is 2.26. The maximum atomic E-state index is 10.00. The third-order valence-electron chi connectivity index (χ3n) is 2.29. The molecule has 1 N–H and O–H groups in total. The molecule has 2 rings (SSSR count). The van der Waals surface area contributed by atoms with E-state index < -0.39 is 6.10 Å². The van der Waals surface area contributed by atoms with E-state index in [0.717, 1.165) is 17.2 Å². The van der Waals surface area contributed by atoms with Crippen LogP contribution in [0.3, 0.4) is 0 Å². The van der Waals surface area contributed by atoms with Crippen molar-refractivity contribution in [3.63, 3.8) is 0 Å². The van der Waals surface area contributed by atoms with Gasteiger partial charge in [-0.3, -0.25) is 4.68 Å². The SMILES string of the molecule is CCn1ncnc1CC(O)c1cc(Cl)cs1. The van der Waals surface area contributed by atoms with Crippen LogP contribution in [-0.2, 0) is 13.0 Å². The van der Waals surface area contributed by atoms with Crippen LogP contribution in [0.4, 0.5) is 0 Å². The van der Waals surface area contributed by atoms with Gasteiger partial charge in [-0.25, -0.2) is 4.98 Å². The van der Waals surface area contributed by atoms with Gasteiger partial charge in [0.2, 0.25) is 0 Å². The monoisotopic (exact) mass is 257 g/mol. The van der Waals surface area contributed by atoms with Crippen molar-refractivity contribution in [1.29, 1.82) is 0 Å². The third kappa shape index (κ3) is 2.42. The van der Waals surface area contributed by atoms with E-state index in [1.54, 1.807) is 10.7 Å². The average Bonchev–Trinajstić information content (AvgIpc) is 2.86. The molecule has 4 nitrogen and oxygen atoms in total. The molecule has 6 heteroatoms. The summed E-state index contributed by atoms with van der Waals surface area (Å²) in [5, 5.41) is 16.5. The first-order valence-corrected chi connectivity index (χ1v) is 6.25. The summed E-state index contributed by atoms with van der Waals surface area (Å²) in [6, 6.07) is 1.78. The molecule has 0 spiro atoms. The highest BCUT2D eigenvalue weighted by atomic mass is 35.5. The van der Waals surface area contributed by atoms with Crippen LogP contribution in [0.25, 0.3) is 0 Å². The van der Waals surface area contributed by atoms with E-state index in [9.17, 15) is 5.11 Å². The zero-order valence-electron chi connectivity index (χ0n) is 8.80. The maximum absolute atomic E-state index is 10.00. The summed E-state index contributed by atoms with van der Waals surface area (Å²) < 4.78 is 1.78. The molecule has 0 radical (unpaired) electrons. The zero-order chi connectivity index (χ0) is 11.5. The lowest BCUT2D eigenvalue weighted by Gasteiger charge is -2.08. The Balaban J connectivity index is 2.10. The summed E-state index contributed by atoms with van der Waals surface area (Å²) >= 11 is 7.26. The summed E-state index contributed by atoms with van der Waals surface area (Å²) in [5.74, 6) is 0.791. The molecule has 0 fully saturated rings. The Hall–Kier alpha value is -0.910. The predicted octanol–water partition coefficient (Wildman–Crippen LogP) is 2.29. The Morgan fingerprint density at radius 2 is 2.44 bits per heavy atom. The normalized spacial score (nSPS) is 12.9. The first-order valence-electron chi connectivity index (χ1n) is 4.99. The summed E-state index contributed by atoms with van der Waals surface area (Å²) in [7, 11) is 0. The Morgan fingerprint density at radius 1 is 1.62 bits per heavy atom. The minimum atomic E-state index is -0.563. The number of aliphatic hydroxyl groups excluding tert-OH is 1. The van der Waals surface area contributed by atoms with Gasteiger partial charge in [-0.15, -0.1) is 11.3 Å². The second-order valence-corrected chi connectivity index (χ2v) is 4.76. The molecule has 16 heavy (non-hydrogen) atoms. The van der Waals surface area contributed by atoms with Crippen LogP contribution in [0.5, 0.6) is 0 Å². The van der Waals surface area contributed by atoms with Crippen LogP contribution in [0.1, 0.15) is 23.7 Å². The first kappa shape index (κ1) is 11.6. The fraction of sp³-hybridized carbons (Fsp3) is 0.400. The van der Waals surface area contributed by atoms with Gasteiger partial charge < -0.3 is 5.11 Å². The molecule has 86 valence electrons. The predicted molar refractivity (Wildman–Crippen MR) is 63.7 cm³/mol. The molecule has 0 aromatic carbocycles. The highest BCUT2D eigenvalue weighted by molar-refractivity contribution is 7.10. The zero-order valence-corrected chi connectivity index (χ0v) is 10.4. The van der Waals surface area contributed by atoms with Crippen molar-refractivity contribution in [3.8, 4) is 0 Å². The minimum Gasteiger partial charge on any atom is -0.387 e. The highest BCUT2D eigenvalue weighted by Gasteiger charge is 2.14. The van der Waals surface area contributed by atoms with Crippen molar-refractivity contribution in [2.45, 2.75) is 26.0 Å². The number of hydrogen-bond donors (Lipinski definition) is 1. The lowest BCUT2D eigenvalue weighted by molar-refractivity contribution is 0.178. The van der Waals surface area contributed by atoms with Gasteiger partial charge in [0, 0.05) is 23.2 Å². The fourth-order valence-electron chi connectivity index (χ4n) is 1.49. The van der Waals surface area contributed by atoms with Crippen molar-refractivity contribution in [1.82, 2.24) is 14.8 Å². The third-order valence-corrected chi connectivity index (χ3v) is 3.67. The van der Waals surface area contributed by atoms with E-state index in [4.69, 9.17) is 11.6 Å². The van der Waals surface area contributed by atoms with E-state index >= 15 is 0 Å². The number of aromatic nitrogens is 3.